The Morgan fingerprint density at radius 3 is 2.92 bits per heavy atom. The summed E-state index contributed by atoms with van der Waals surface area (Å²) in [4.78, 5) is 36.4. The number of amides is 2. The van der Waals surface area contributed by atoms with Gasteiger partial charge in [-0.05, 0) is 18.4 Å². The van der Waals surface area contributed by atoms with Crippen molar-refractivity contribution in [3.63, 3.8) is 0 Å². The molecule has 2 heterocycles. The number of ether oxygens (including phenoxy) is 1. The van der Waals surface area contributed by atoms with Gasteiger partial charge in [0.1, 0.15) is 5.69 Å². The van der Waals surface area contributed by atoms with E-state index in [4.69, 9.17) is 4.74 Å². The summed E-state index contributed by atoms with van der Waals surface area (Å²) in [6.45, 7) is 1.42. The normalized spacial score (nSPS) is 16.9. The molecule has 10 heteroatoms. The number of halogens is 1. The SMILES string of the molecule is COCCNC(=O)C(=O)N1CCC(NSc2cn(C)c(C=O)c2F)C1. The van der Waals surface area contributed by atoms with E-state index in [1.807, 2.05) is 0 Å². The van der Waals surface area contributed by atoms with E-state index in [9.17, 15) is 18.8 Å². The lowest BCUT2D eigenvalue weighted by molar-refractivity contribution is -0.145. The summed E-state index contributed by atoms with van der Waals surface area (Å²) in [7, 11) is 3.10. The average molecular weight is 372 g/mol. The predicted octanol–water partition coefficient (Wildman–Crippen LogP) is -0.0631. The van der Waals surface area contributed by atoms with Crippen molar-refractivity contribution in [2.24, 2.45) is 7.05 Å². The molecule has 1 aliphatic heterocycles. The van der Waals surface area contributed by atoms with Gasteiger partial charge in [0.2, 0.25) is 0 Å². The molecule has 0 spiro atoms. The summed E-state index contributed by atoms with van der Waals surface area (Å²) in [5, 5.41) is 2.49. The molecule has 2 rings (SSSR count). The minimum atomic E-state index is -0.657. The Bertz CT molecular complexity index is 652. The first-order valence-electron chi connectivity index (χ1n) is 7.76. The number of rotatable bonds is 7. The maximum Gasteiger partial charge on any atom is 0.311 e. The first kappa shape index (κ1) is 19.4. The first-order valence-corrected chi connectivity index (χ1v) is 8.58. The Morgan fingerprint density at radius 2 is 2.28 bits per heavy atom. The number of likely N-dealkylation sites (tertiary alicyclic amines) is 1. The van der Waals surface area contributed by atoms with Crippen LogP contribution in [0, 0.1) is 5.82 Å². The van der Waals surface area contributed by atoms with Gasteiger partial charge in [-0.1, -0.05) is 0 Å². The van der Waals surface area contributed by atoms with Crippen LogP contribution in [0.1, 0.15) is 16.9 Å². The number of carbonyl (C=O) groups excluding carboxylic acids is 3. The number of methoxy groups -OCH3 is 1. The second kappa shape index (κ2) is 8.97. The molecule has 0 saturated carbocycles. The molecule has 0 bridgehead atoms. The van der Waals surface area contributed by atoms with Crippen molar-refractivity contribution in [2.75, 3.05) is 33.4 Å². The van der Waals surface area contributed by atoms with E-state index in [0.717, 1.165) is 11.9 Å². The molecular formula is C15H21FN4O4S. The van der Waals surface area contributed by atoms with E-state index in [1.165, 1.54) is 22.8 Å². The Hall–Kier alpha value is -1.91. The molecule has 138 valence electrons. The standard InChI is InChI=1S/C15H21FN4O4S/c1-19-8-12(13(16)11(19)9-21)25-18-10-3-5-20(7-10)15(23)14(22)17-4-6-24-2/h8-10,18H,3-7H2,1-2H3,(H,17,22). The van der Waals surface area contributed by atoms with Crippen molar-refractivity contribution in [3.05, 3.63) is 17.7 Å². The molecule has 1 unspecified atom stereocenters. The van der Waals surface area contributed by atoms with Crippen LogP contribution >= 0.6 is 11.9 Å². The van der Waals surface area contributed by atoms with Crippen LogP contribution in [0.2, 0.25) is 0 Å². The molecule has 0 aliphatic carbocycles. The van der Waals surface area contributed by atoms with Gasteiger partial charge < -0.3 is 19.5 Å². The summed E-state index contributed by atoms with van der Waals surface area (Å²) < 4.78 is 23.3. The van der Waals surface area contributed by atoms with Gasteiger partial charge in [0.15, 0.2) is 12.1 Å². The van der Waals surface area contributed by atoms with Crippen LogP contribution < -0.4 is 10.0 Å². The zero-order valence-corrected chi connectivity index (χ0v) is 14.9. The lowest BCUT2D eigenvalue weighted by Crippen LogP contribution is -2.43. The highest BCUT2D eigenvalue weighted by Crippen LogP contribution is 2.24. The van der Waals surface area contributed by atoms with E-state index < -0.39 is 17.6 Å². The molecule has 0 radical (unpaired) electrons. The summed E-state index contributed by atoms with van der Waals surface area (Å²) in [6, 6.07) is -0.0694. The van der Waals surface area contributed by atoms with E-state index in [1.54, 1.807) is 7.05 Å². The van der Waals surface area contributed by atoms with Crippen LogP contribution in [-0.4, -0.2) is 67.0 Å². The Balaban J connectivity index is 1.82. The third kappa shape index (κ3) is 4.80. The third-order valence-electron chi connectivity index (χ3n) is 3.84. The summed E-state index contributed by atoms with van der Waals surface area (Å²) in [6.07, 6.45) is 2.65. The van der Waals surface area contributed by atoms with Gasteiger partial charge in [0.05, 0.1) is 11.5 Å². The van der Waals surface area contributed by atoms with E-state index in [0.29, 0.717) is 37.3 Å². The second-order valence-corrected chi connectivity index (χ2v) is 6.51. The molecule has 25 heavy (non-hydrogen) atoms. The van der Waals surface area contributed by atoms with Crippen LogP contribution in [0.5, 0.6) is 0 Å². The smallest absolute Gasteiger partial charge is 0.311 e. The minimum Gasteiger partial charge on any atom is -0.383 e. The van der Waals surface area contributed by atoms with Crippen molar-refractivity contribution in [1.82, 2.24) is 19.5 Å². The molecule has 1 aromatic rings. The molecule has 1 fully saturated rings. The highest BCUT2D eigenvalue weighted by molar-refractivity contribution is 7.97. The number of hydrogen-bond acceptors (Lipinski definition) is 6. The van der Waals surface area contributed by atoms with Gasteiger partial charge in [-0.15, -0.1) is 0 Å². The minimum absolute atomic E-state index is 0.0137. The van der Waals surface area contributed by atoms with E-state index in [2.05, 4.69) is 10.0 Å². The van der Waals surface area contributed by atoms with Crippen molar-refractivity contribution in [1.29, 1.82) is 0 Å². The highest BCUT2D eigenvalue weighted by Gasteiger charge is 2.30. The maximum absolute atomic E-state index is 14.0. The highest BCUT2D eigenvalue weighted by atomic mass is 32.2. The monoisotopic (exact) mass is 372 g/mol. The van der Waals surface area contributed by atoms with Crippen LogP contribution in [0.15, 0.2) is 11.1 Å². The summed E-state index contributed by atoms with van der Waals surface area (Å²) >= 11 is 1.07. The molecule has 1 aromatic heterocycles. The molecule has 2 N–H and O–H groups in total. The Morgan fingerprint density at radius 1 is 1.52 bits per heavy atom. The van der Waals surface area contributed by atoms with Crippen LogP contribution in [0.25, 0.3) is 0 Å². The van der Waals surface area contributed by atoms with Gasteiger partial charge in [-0.25, -0.2) is 4.39 Å². The van der Waals surface area contributed by atoms with Gasteiger partial charge in [0.25, 0.3) is 0 Å². The summed E-state index contributed by atoms with van der Waals surface area (Å²) in [5.41, 5.74) is -0.0137. The van der Waals surface area contributed by atoms with Gasteiger partial charge in [-0.2, -0.15) is 0 Å². The van der Waals surface area contributed by atoms with E-state index in [-0.39, 0.29) is 18.3 Å². The average Bonchev–Trinajstić information content (AvgIpc) is 3.17. The van der Waals surface area contributed by atoms with E-state index >= 15 is 0 Å². The fourth-order valence-electron chi connectivity index (χ4n) is 2.46. The number of hydrogen-bond donors (Lipinski definition) is 2. The molecule has 1 saturated heterocycles. The van der Waals surface area contributed by atoms with Crippen molar-refractivity contribution in [3.8, 4) is 0 Å². The molecular weight excluding hydrogens is 351 g/mol. The van der Waals surface area contributed by atoms with Crippen LogP contribution in [0.3, 0.4) is 0 Å². The van der Waals surface area contributed by atoms with Crippen LogP contribution in [0.4, 0.5) is 4.39 Å². The molecule has 8 nitrogen and oxygen atoms in total. The fourth-order valence-corrected chi connectivity index (χ4v) is 3.35. The predicted molar refractivity (Wildman–Crippen MR) is 89.6 cm³/mol. The molecule has 1 aliphatic rings. The Labute approximate surface area is 149 Å². The van der Waals surface area contributed by atoms with Crippen molar-refractivity contribution in [2.45, 2.75) is 17.4 Å². The van der Waals surface area contributed by atoms with Crippen molar-refractivity contribution >= 4 is 30.0 Å². The number of nitrogens with one attached hydrogen (secondary N) is 2. The lowest BCUT2D eigenvalue weighted by Gasteiger charge is -2.16. The fraction of sp³-hybridized carbons (Fsp3) is 0.533. The largest absolute Gasteiger partial charge is 0.383 e. The summed E-state index contributed by atoms with van der Waals surface area (Å²) in [5.74, 6) is -1.81. The van der Waals surface area contributed by atoms with Crippen molar-refractivity contribution < 1.29 is 23.5 Å². The maximum atomic E-state index is 14.0. The topological polar surface area (TPSA) is 92.7 Å². The zero-order chi connectivity index (χ0) is 18.4. The lowest BCUT2D eigenvalue weighted by atomic mass is 10.3. The molecule has 2 amide bonds. The first-order chi connectivity index (χ1) is 12.0. The number of aromatic nitrogens is 1. The zero-order valence-electron chi connectivity index (χ0n) is 14.1. The quantitative estimate of drug-likeness (QED) is 0.301. The molecule has 1 atom stereocenters. The van der Waals surface area contributed by atoms with Gasteiger partial charge >= 0.3 is 11.8 Å². The number of aldehydes is 1. The second-order valence-electron chi connectivity index (χ2n) is 5.63. The molecule has 0 aromatic carbocycles. The van der Waals surface area contributed by atoms with Gasteiger partial charge in [0, 0.05) is 46.0 Å². The number of nitrogens with zero attached hydrogens (tertiary/aromatic N) is 2. The third-order valence-corrected chi connectivity index (χ3v) is 4.80. The van der Waals surface area contributed by atoms with Gasteiger partial charge in [-0.3, -0.25) is 19.1 Å². The number of carbonyl (C=O) groups is 3. The van der Waals surface area contributed by atoms with Crippen LogP contribution in [-0.2, 0) is 21.4 Å². The Kier molecular flexibility index (Phi) is 6.97. The number of aryl methyl sites for hydroxylation is 1.